The van der Waals surface area contributed by atoms with Crippen molar-refractivity contribution in [1.29, 1.82) is 0 Å². The molecule has 55 heavy (non-hydrogen) atoms. The first-order valence-electron chi connectivity index (χ1n) is 16.8. The number of aliphatic hydroxyl groups excluding tert-OH is 1. The Bertz CT molecular complexity index is 2500. The van der Waals surface area contributed by atoms with Crippen LogP contribution in [0.4, 0.5) is 0 Å². The summed E-state index contributed by atoms with van der Waals surface area (Å²) in [6, 6.07) is 30.4. The Morgan fingerprint density at radius 3 is 2.00 bits per heavy atom. The number of H-pyrrole nitrogens is 1. The zero-order valence-corrected chi connectivity index (χ0v) is 32.0. The van der Waals surface area contributed by atoms with Crippen LogP contribution in [-0.2, 0) is 27.6 Å². The van der Waals surface area contributed by atoms with E-state index in [-0.39, 0.29) is 47.8 Å². The molecule has 3 aromatic carbocycles. The number of hydrogen-bond donors (Lipinski definition) is 3. The second-order valence-corrected chi connectivity index (χ2v) is 14.0. The Labute approximate surface area is 331 Å². The number of aromatic amines is 1. The third-order valence-corrected chi connectivity index (χ3v) is 9.91. The van der Waals surface area contributed by atoms with E-state index in [1.165, 1.54) is 35.1 Å². The van der Waals surface area contributed by atoms with E-state index in [0.29, 0.717) is 28.9 Å². The first kappa shape index (κ1) is 43.8. The van der Waals surface area contributed by atoms with E-state index in [9.17, 15) is 18.0 Å². The average molecular weight is 757 g/mol. The maximum atomic E-state index is 13.5. The average Bonchev–Trinajstić information content (AvgIpc) is 3.72. The maximum Gasteiger partial charge on any atom is 1.00 e. The third-order valence-electron chi connectivity index (χ3n) is 8.13. The number of pyridine rings is 2. The summed E-state index contributed by atoms with van der Waals surface area (Å²) in [6.07, 6.45) is 3.88. The number of aliphatic hydroxyl groups is 1. The standard InChI is InChI=1S/C23H20N2O4S.C16H14N2O2.C2H6O.Li.H2O/c1-16-8-9-22-18(12-16)14-20(15-19-13-17(10-11-24-19)23(26)29-2)25(22)30(27,28)21-6-4-3-5-7-21;1-10-2-3-15-12(6-10)8-14(18-15)9-13-7-11(16(19)20)4-5-17-13;1-2-3;;/h3-14H,15H2,1-2H3;2-8,18H,9H2,1H3,(H,19,20);3H,2H2,1H3;;1H2/q;;;+1;/p-1. The van der Waals surface area contributed by atoms with Gasteiger partial charge in [0.25, 0.3) is 10.0 Å². The molecule has 0 bridgehead atoms. The molecule has 0 unspecified atom stereocenters. The minimum absolute atomic E-state index is 0. The van der Waals surface area contributed by atoms with Gasteiger partial charge in [0.15, 0.2) is 0 Å². The number of aromatic carboxylic acids is 1. The monoisotopic (exact) mass is 756 g/mol. The number of methoxy groups -OCH3 is 1. The fourth-order valence-electron chi connectivity index (χ4n) is 5.79. The Morgan fingerprint density at radius 1 is 0.782 bits per heavy atom. The van der Waals surface area contributed by atoms with Gasteiger partial charge in [-0.1, -0.05) is 41.5 Å². The minimum Gasteiger partial charge on any atom is -0.870 e. The number of rotatable bonds is 8. The van der Waals surface area contributed by atoms with E-state index in [0.717, 1.165) is 33.2 Å². The molecule has 280 valence electrons. The van der Waals surface area contributed by atoms with Crippen LogP contribution in [0.2, 0.25) is 0 Å². The number of nitrogens with one attached hydrogen (secondary N) is 1. The molecule has 0 spiro atoms. The number of aromatic nitrogens is 4. The van der Waals surface area contributed by atoms with Gasteiger partial charge >= 0.3 is 30.8 Å². The fraction of sp³-hybridized carbons (Fsp3) is 0.171. The van der Waals surface area contributed by atoms with Crippen LogP contribution in [0, 0.1) is 13.8 Å². The molecule has 4 heterocycles. The molecule has 4 aromatic heterocycles. The van der Waals surface area contributed by atoms with Gasteiger partial charge in [-0.25, -0.2) is 22.0 Å². The van der Waals surface area contributed by atoms with Gasteiger partial charge in [0, 0.05) is 65.5 Å². The molecule has 0 saturated carbocycles. The molecular weight excluding hydrogens is 715 g/mol. The fourth-order valence-corrected chi connectivity index (χ4v) is 7.35. The molecule has 0 fully saturated rings. The first-order valence-corrected chi connectivity index (χ1v) is 18.2. The number of carbonyl (C=O) groups is 2. The van der Waals surface area contributed by atoms with E-state index in [1.807, 2.05) is 31.2 Å². The van der Waals surface area contributed by atoms with Crippen molar-refractivity contribution in [3.05, 3.63) is 161 Å². The summed E-state index contributed by atoms with van der Waals surface area (Å²) in [7, 11) is -2.51. The van der Waals surface area contributed by atoms with E-state index in [4.69, 9.17) is 14.9 Å². The van der Waals surface area contributed by atoms with Crippen LogP contribution in [0.5, 0.6) is 0 Å². The van der Waals surface area contributed by atoms with E-state index >= 15 is 0 Å². The molecule has 0 aliphatic heterocycles. The molecule has 7 rings (SSSR count). The largest absolute Gasteiger partial charge is 1.00 e. The van der Waals surface area contributed by atoms with Crippen LogP contribution in [-0.4, -0.2) is 68.7 Å². The van der Waals surface area contributed by atoms with Gasteiger partial charge in [0.1, 0.15) is 0 Å². The van der Waals surface area contributed by atoms with Crippen LogP contribution in [0.3, 0.4) is 0 Å². The molecular formula is C41H41LiN4O8S. The van der Waals surface area contributed by atoms with Crippen LogP contribution in [0.1, 0.15) is 61.5 Å². The molecule has 7 aromatic rings. The number of carboxylic acid groups (broad SMARTS) is 1. The summed E-state index contributed by atoms with van der Waals surface area (Å²) in [4.78, 5) is 34.9. The van der Waals surface area contributed by atoms with Gasteiger partial charge in [-0.2, -0.15) is 0 Å². The van der Waals surface area contributed by atoms with Crippen molar-refractivity contribution >= 4 is 43.8 Å². The molecule has 12 nitrogen and oxygen atoms in total. The van der Waals surface area contributed by atoms with Gasteiger partial charge in [0.2, 0.25) is 0 Å². The Kier molecular flexibility index (Phi) is 15.7. The van der Waals surface area contributed by atoms with Crippen LogP contribution >= 0.6 is 0 Å². The summed E-state index contributed by atoms with van der Waals surface area (Å²) >= 11 is 0. The second kappa shape index (κ2) is 19.7. The minimum atomic E-state index is -3.82. The smallest absolute Gasteiger partial charge is 0.870 e. The summed E-state index contributed by atoms with van der Waals surface area (Å²) in [5, 5.41) is 18.5. The predicted octanol–water partition coefficient (Wildman–Crippen LogP) is 3.95. The van der Waals surface area contributed by atoms with Gasteiger partial charge in [0.05, 0.1) is 28.6 Å². The Morgan fingerprint density at radius 2 is 1.36 bits per heavy atom. The molecule has 4 N–H and O–H groups in total. The molecule has 0 aliphatic carbocycles. The van der Waals surface area contributed by atoms with Crippen LogP contribution in [0.15, 0.2) is 120 Å². The van der Waals surface area contributed by atoms with Crippen molar-refractivity contribution in [2.75, 3.05) is 13.7 Å². The summed E-state index contributed by atoms with van der Waals surface area (Å²) in [5.41, 5.74) is 7.48. The zero-order chi connectivity index (χ0) is 38.1. The van der Waals surface area contributed by atoms with Crippen molar-refractivity contribution in [1.82, 2.24) is 18.9 Å². The van der Waals surface area contributed by atoms with Gasteiger partial charge in [-0.15, -0.1) is 0 Å². The Hall–Kier alpha value is -5.55. The van der Waals surface area contributed by atoms with Crippen molar-refractivity contribution < 1.29 is 57.3 Å². The Balaban J connectivity index is 0.000000283. The number of carboxylic acids is 1. The number of nitrogens with zero attached hydrogens (tertiary/aromatic N) is 3. The van der Waals surface area contributed by atoms with E-state index in [1.54, 1.807) is 55.5 Å². The molecule has 14 heteroatoms. The third kappa shape index (κ3) is 10.8. The van der Waals surface area contributed by atoms with Crippen molar-refractivity contribution in [2.45, 2.75) is 38.5 Å². The molecule has 0 amide bonds. The van der Waals surface area contributed by atoms with Crippen molar-refractivity contribution in [2.24, 2.45) is 0 Å². The number of esters is 1. The van der Waals surface area contributed by atoms with Crippen LogP contribution in [0.25, 0.3) is 21.8 Å². The number of hydrogen-bond acceptors (Lipinski definition) is 9. The SMILES string of the molecule is CCO.COC(=O)c1ccnc(Cc2cc3cc(C)ccc3n2S(=O)(=O)c2ccccc2)c1.Cc1ccc2[nH]c(Cc3cc(C(=O)O)ccn3)cc2c1.[Li+].[OH-]. The zero-order valence-electron chi connectivity index (χ0n) is 31.2. The second-order valence-electron chi connectivity index (χ2n) is 12.2. The number of fused-ring (bicyclic) bond motifs is 2. The normalized spacial score (nSPS) is 10.6. The summed E-state index contributed by atoms with van der Waals surface area (Å²) < 4.78 is 33.1. The van der Waals surface area contributed by atoms with Crippen molar-refractivity contribution in [3.63, 3.8) is 0 Å². The maximum absolute atomic E-state index is 13.5. The van der Waals surface area contributed by atoms with E-state index in [2.05, 4.69) is 46.1 Å². The number of benzene rings is 3. The summed E-state index contributed by atoms with van der Waals surface area (Å²) in [5.74, 6) is -1.40. The van der Waals surface area contributed by atoms with Crippen molar-refractivity contribution in [3.8, 4) is 0 Å². The quantitative estimate of drug-likeness (QED) is 0.151. The molecule has 0 saturated heterocycles. The van der Waals surface area contributed by atoms with Gasteiger partial charge in [-0.05, 0) is 99.0 Å². The van der Waals surface area contributed by atoms with Gasteiger partial charge in [-0.3, -0.25) is 9.97 Å². The number of carbonyl (C=O) groups excluding carboxylic acids is 1. The topological polar surface area (TPSA) is 194 Å². The van der Waals surface area contributed by atoms with E-state index < -0.39 is 22.0 Å². The number of ether oxygens (including phenoxy) is 1. The summed E-state index contributed by atoms with van der Waals surface area (Å²) in [6.45, 7) is 5.95. The predicted molar refractivity (Wildman–Crippen MR) is 206 cm³/mol. The first-order chi connectivity index (χ1) is 25.4. The molecule has 0 atom stereocenters. The van der Waals surface area contributed by atoms with Crippen LogP contribution < -0.4 is 18.9 Å². The molecule has 0 aliphatic rings. The molecule has 0 radical (unpaired) electrons. The number of aryl methyl sites for hydroxylation is 2. The van der Waals surface area contributed by atoms with Gasteiger partial charge < -0.3 is 25.4 Å².